The van der Waals surface area contributed by atoms with Gasteiger partial charge in [0.2, 0.25) is 0 Å². The first-order chi connectivity index (χ1) is 8.34. The Morgan fingerprint density at radius 2 is 2.00 bits per heavy atom. The molecule has 1 fully saturated rings. The molecule has 1 aromatic carbocycles. The van der Waals surface area contributed by atoms with Gasteiger partial charge in [0.1, 0.15) is 12.1 Å². The SMILES string of the molecule is Oc1ccc2ncnc(C3CCNCC3)c2c1. The second kappa shape index (κ2) is 4.30. The van der Waals surface area contributed by atoms with Gasteiger partial charge in [0, 0.05) is 11.3 Å². The van der Waals surface area contributed by atoms with Gasteiger partial charge in [-0.25, -0.2) is 9.97 Å². The van der Waals surface area contributed by atoms with Crippen molar-refractivity contribution in [2.45, 2.75) is 18.8 Å². The van der Waals surface area contributed by atoms with E-state index in [4.69, 9.17) is 0 Å². The summed E-state index contributed by atoms with van der Waals surface area (Å²) in [5.41, 5.74) is 1.98. The highest BCUT2D eigenvalue weighted by atomic mass is 16.3. The molecule has 4 nitrogen and oxygen atoms in total. The van der Waals surface area contributed by atoms with Crippen LogP contribution in [0.15, 0.2) is 24.5 Å². The maximum absolute atomic E-state index is 9.59. The highest BCUT2D eigenvalue weighted by Gasteiger charge is 2.19. The van der Waals surface area contributed by atoms with Crippen molar-refractivity contribution in [3.05, 3.63) is 30.2 Å². The molecule has 1 aliphatic rings. The molecule has 2 aromatic rings. The Morgan fingerprint density at radius 3 is 2.82 bits per heavy atom. The van der Waals surface area contributed by atoms with E-state index in [0.717, 1.165) is 42.5 Å². The Kier molecular flexibility index (Phi) is 2.65. The van der Waals surface area contributed by atoms with E-state index in [9.17, 15) is 5.11 Å². The number of nitrogens with zero attached hydrogens (tertiary/aromatic N) is 2. The lowest BCUT2D eigenvalue weighted by atomic mass is 9.92. The first-order valence-electron chi connectivity index (χ1n) is 5.99. The molecule has 17 heavy (non-hydrogen) atoms. The predicted molar refractivity (Wildman–Crippen MR) is 66.0 cm³/mol. The van der Waals surface area contributed by atoms with Crippen molar-refractivity contribution in [2.24, 2.45) is 0 Å². The Labute approximate surface area is 99.7 Å². The zero-order chi connectivity index (χ0) is 11.7. The Bertz CT molecular complexity index is 535. The van der Waals surface area contributed by atoms with Crippen LogP contribution >= 0.6 is 0 Å². The lowest BCUT2D eigenvalue weighted by Crippen LogP contribution is -2.27. The van der Waals surface area contributed by atoms with E-state index in [2.05, 4.69) is 15.3 Å². The van der Waals surface area contributed by atoms with Crippen molar-refractivity contribution in [1.29, 1.82) is 0 Å². The van der Waals surface area contributed by atoms with E-state index in [0.29, 0.717) is 5.92 Å². The average molecular weight is 229 g/mol. The summed E-state index contributed by atoms with van der Waals surface area (Å²) in [5, 5.41) is 13.9. The van der Waals surface area contributed by atoms with Gasteiger partial charge in [-0.3, -0.25) is 0 Å². The summed E-state index contributed by atoms with van der Waals surface area (Å²) in [4.78, 5) is 8.66. The van der Waals surface area contributed by atoms with Crippen LogP contribution in [0, 0.1) is 0 Å². The molecule has 2 N–H and O–H groups in total. The number of fused-ring (bicyclic) bond motifs is 1. The summed E-state index contributed by atoms with van der Waals surface area (Å²) in [5.74, 6) is 0.756. The standard InChI is InChI=1S/C13H15N3O/c17-10-1-2-12-11(7-10)13(16-8-15-12)9-3-5-14-6-4-9/h1-2,7-9,14,17H,3-6H2. The molecule has 0 saturated carbocycles. The molecule has 1 aliphatic heterocycles. The summed E-state index contributed by atoms with van der Waals surface area (Å²) in [6.45, 7) is 2.07. The van der Waals surface area contributed by atoms with Gasteiger partial charge in [0.05, 0.1) is 11.2 Å². The first-order valence-corrected chi connectivity index (χ1v) is 5.99. The molecule has 88 valence electrons. The molecule has 1 saturated heterocycles. The van der Waals surface area contributed by atoms with Crippen molar-refractivity contribution < 1.29 is 5.11 Å². The van der Waals surface area contributed by atoms with Crippen LogP contribution in [0.1, 0.15) is 24.5 Å². The molecule has 1 aromatic heterocycles. The monoisotopic (exact) mass is 229 g/mol. The van der Waals surface area contributed by atoms with Gasteiger partial charge in [-0.05, 0) is 44.1 Å². The third-order valence-electron chi connectivity index (χ3n) is 3.38. The number of piperidine rings is 1. The van der Waals surface area contributed by atoms with Crippen LogP contribution in [0.25, 0.3) is 10.9 Å². The fourth-order valence-electron chi connectivity index (χ4n) is 2.49. The topological polar surface area (TPSA) is 58.0 Å². The molecule has 4 heteroatoms. The molecule has 0 aliphatic carbocycles. The third kappa shape index (κ3) is 1.96. The minimum atomic E-state index is 0.280. The highest BCUT2D eigenvalue weighted by Crippen LogP contribution is 2.30. The van der Waals surface area contributed by atoms with E-state index in [1.54, 1.807) is 18.5 Å². The van der Waals surface area contributed by atoms with Crippen LogP contribution in [-0.4, -0.2) is 28.2 Å². The van der Waals surface area contributed by atoms with Crippen LogP contribution in [0.4, 0.5) is 0 Å². The van der Waals surface area contributed by atoms with Gasteiger partial charge in [0.25, 0.3) is 0 Å². The number of rotatable bonds is 1. The first kappa shape index (κ1) is 10.5. The Hall–Kier alpha value is -1.68. The highest BCUT2D eigenvalue weighted by molar-refractivity contribution is 5.82. The molecular formula is C13H15N3O. The molecule has 0 amide bonds. The minimum absolute atomic E-state index is 0.280. The van der Waals surface area contributed by atoms with Crippen LogP contribution < -0.4 is 5.32 Å². The second-order valence-electron chi connectivity index (χ2n) is 4.48. The number of hydrogen-bond acceptors (Lipinski definition) is 4. The number of aromatic hydroxyl groups is 1. The second-order valence-corrected chi connectivity index (χ2v) is 4.48. The zero-order valence-corrected chi connectivity index (χ0v) is 9.56. The normalized spacial score (nSPS) is 17.4. The number of nitrogens with one attached hydrogen (secondary N) is 1. The Balaban J connectivity index is 2.11. The fourth-order valence-corrected chi connectivity index (χ4v) is 2.49. The van der Waals surface area contributed by atoms with Gasteiger partial charge in [-0.2, -0.15) is 0 Å². The largest absolute Gasteiger partial charge is 0.508 e. The van der Waals surface area contributed by atoms with E-state index >= 15 is 0 Å². The molecule has 0 unspecified atom stereocenters. The maximum Gasteiger partial charge on any atom is 0.116 e. The van der Waals surface area contributed by atoms with Crippen molar-refractivity contribution in [3.63, 3.8) is 0 Å². The van der Waals surface area contributed by atoms with E-state index in [-0.39, 0.29) is 5.75 Å². The third-order valence-corrected chi connectivity index (χ3v) is 3.38. The van der Waals surface area contributed by atoms with Crippen molar-refractivity contribution in [2.75, 3.05) is 13.1 Å². The fraction of sp³-hybridized carbons (Fsp3) is 0.385. The lowest BCUT2D eigenvalue weighted by molar-refractivity contribution is 0.454. The molecular weight excluding hydrogens is 214 g/mol. The molecule has 2 heterocycles. The molecule has 0 atom stereocenters. The summed E-state index contributed by atoms with van der Waals surface area (Å²) >= 11 is 0. The van der Waals surface area contributed by atoms with Crippen LogP contribution in [0.5, 0.6) is 5.75 Å². The predicted octanol–water partition coefficient (Wildman–Crippen LogP) is 1.80. The summed E-state index contributed by atoms with van der Waals surface area (Å²) in [6.07, 6.45) is 3.82. The number of phenolic OH excluding ortho intramolecular Hbond substituents is 1. The van der Waals surface area contributed by atoms with Gasteiger partial charge in [-0.1, -0.05) is 0 Å². The van der Waals surface area contributed by atoms with Gasteiger partial charge in [0.15, 0.2) is 0 Å². The van der Waals surface area contributed by atoms with E-state index in [1.165, 1.54) is 0 Å². The number of hydrogen-bond donors (Lipinski definition) is 2. The Morgan fingerprint density at radius 1 is 1.18 bits per heavy atom. The number of benzene rings is 1. The molecule has 0 bridgehead atoms. The van der Waals surface area contributed by atoms with Crippen molar-refractivity contribution in [3.8, 4) is 5.75 Å². The zero-order valence-electron chi connectivity index (χ0n) is 9.56. The lowest BCUT2D eigenvalue weighted by Gasteiger charge is -2.22. The smallest absolute Gasteiger partial charge is 0.116 e. The number of phenols is 1. The van der Waals surface area contributed by atoms with E-state index < -0.39 is 0 Å². The van der Waals surface area contributed by atoms with Gasteiger partial charge >= 0.3 is 0 Å². The quantitative estimate of drug-likeness (QED) is 0.783. The van der Waals surface area contributed by atoms with Crippen LogP contribution in [-0.2, 0) is 0 Å². The molecule has 0 radical (unpaired) electrons. The van der Waals surface area contributed by atoms with Gasteiger partial charge in [-0.15, -0.1) is 0 Å². The molecule has 0 spiro atoms. The van der Waals surface area contributed by atoms with E-state index in [1.807, 2.05) is 6.07 Å². The summed E-state index contributed by atoms with van der Waals surface area (Å²) in [6, 6.07) is 5.28. The van der Waals surface area contributed by atoms with Crippen LogP contribution in [0.3, 0.4) is 0 Å². The van der Waals surface area contributed by atoms with Crippen LogP contribution in [0.2, 0.25) is 0 Å². The molecule has 3 rings (SSSR count). The average Bonchev–Trinajstić information content (AvgIpc) is 2.39. The maximum atomic E-state index is 9.59. The minimum Gasteiger partial charge on any atom is -0.508 e. The van der Waals surface area contributed by atoms with Gasteiger partial charge < -0.3 is 10.4 Å². The van der Waals surface area contributed by atoms with Crippen molar-refractivity contribution in [1.82, 2.24) is 15.3 Å². The summed E-state index contributed by atoms with van der Waals surface area (Å²) < 4.78 is 0. The van der Waals surface area contributed by atoms with Crippen molar-refractivity contribution >= 4 is 10.9 Å². The summed E-state index contributed by atoms with van der Waals surface area (Å²) in [7, 11) is 0. The number of aromatic nitrogens is 2.